The minimum absolute atomic E-state index is 0.189. The zero-order valence-electron chi connectivity index (χ0n) is 11.8. The van der Waals surface area contributed by atoms with Crippen LogP contribution in [-0.4, -0.2) is 36.1 Å². The molecule has 5 heteroatoms. The van der Waals surface area contributed by atoms with Crippen molar-refractivity contribution in [2.24, 2.45) is 0 Å². The summed E-state index contributed by atoms with van der Waals surface area (Å²) in [5, 5.41) is 10.3. The van der Waals surface area contributed by atoms with Crippen LogP contribution in [0.3, 0.4) is 0 Å². The fourth-order valence-electron chi connectivity index (χ4n) is 2.63. The number of halogens is 1. The summed E-state index contributed by atoms with van der Waals surface area (Å²) in [6, 6.07) is 7.75. The number of likely N-dealkylation sites (tertiary alicyclic amines) is 1. The molecule has 3 rings (SSSR count). The van der Waals surface area contributed by atoms with Gasteiger partial charge in [0.25, 0.3) is 0 Å². The lowest BCUT2D eigenvalue weighted by Crippen LogP contribution is -2.35. The second-order valence-electron chi connectivity index (χ2n) is 5.37. The molecule has 1 aliphatic heterocycles. The molecule has 108 valence electrons. The van der Waals surface area contributed by atoms with Crippen LogP contribution in [0.5, 0.6) is 5.75 Å². The summed E-state index contributed by atoms with van der Waals surface area (Å²) >= 11 is 6.34. The Morgan fingerprint density at radius 1 is 1.38 bits per heavy atom. The highest BCUT2D eigenvalue weighted by Crippen LogP contribution is 2.34. The third-order valence-corrected chi connectivity index (χ3v) is 4.27. The first-order valence-corrected chi connectivity index (χ1v) is 7.39. The normalized spacial score (nSPS) is 16.8. The van der Waals surface area contributed by atoms with Gasteiger partial charge in [0.2, 0.25) is 0 Å². The molecular weight excluding hydrogens is 286 g/mol. The summed E-state index contributed by atoms with van der Waals surface area (Å²) in [6.07, 6.45) is 3.68. The Hall–Kier alpha value is -1.83. The second-order valence-corrected chi connectivity index (χ2v) is 5.75. The maximum absolute atomic E-state index is 9.10. The van der Waals surface area contributed by atoms with Crippen LogP contribution in [0.1, 0.15) is 18.4 Å². The average molecular weight is 302 g/mol. The van der Waals surface area contributed by atoms with E-state index < -0.39 is 0 Å². The van der Waals surface area contributed by atoms with E-state index in [1.807, 2.05) is 18.2 Å². The van der Waals surface area contributed by atoms with E-state index in [1.165, 1.54) is 6.20 Å². The van der Waals surface area contributed by atoms with Crippen LogP contribution in [0.4, 0.5) is 0 Å². The zero-order valence-corrected chi connectivity index (χ0v) is 12.6. The summed E-state index contributed by atoms with van der Waals surface area (Å²) in [5.74, 6) is 0.719. The first kappa shape index (κ1) is 14.1. The van der Waals surface area contributed by atoms with Gasteiger partial charge in [0, 0.05) is 19.3 Å². The fraction of sp³-hybridized carbons (Fsp3) is 0.375. The first-order valence-electron chi connectivity index (χ1n) is 7.01. The predicted octanol–water partition coefficient (Wildman–Crippen LogP) is 3.23. The Kier molecular flexibility index (Phi) is 3.96. The van der Waals surface area contributed by atoms with Crippen molar-refractivity contribution in [1.29, 1.82) is 5.26 Å². The van der Waals surface area contributed by atoms with E-state index in [-0.39, 0.29) is 6.10 Å². The molecule has 2 aromatic rings. The molecule has 1 fully saturated rings. The number of ether oxygens (including phenoxy) is 1. The number of pyridine rings is 1. The van der Waals surface area contributed by atoms with Gasteiger partial charge in [0.1, 0.15) is 17.9 Å². The fourth-order valence-corrected chi connectivity index (χ4v) is 2.91. The quantitative estimate of drug-likeness (QED) is 0.854. The number of hydrogen-bond donors (Lipinski definition) is 0. The summed E-state index contributed by atoms with van der Waals surface area (Å²) in [7, 11) is 2.12. The highest BCUT2D eigenvalue weighted by Gasteiger charge is 2.20. The Bertz CT molecular complexity index is 702. The van der Waals surface area contributed by atoms with Gasteiger partial charge in [-0.2, -0.15) is 5.26 Å². The molecule has 0 radical (unpaired) electrons. The number of piperidine rings is 1. The molecular formula is C16H16ClN3O. The molecule has 1 aromatic heterocycles. The van der Waals surface area contributed by atoms with Gasteiger partial charge in [0.05, 0.1) is 21.5 Å². The molecule has 0 N–H and O–H groups in total. The predicted molar refractivity (Wildman–Crippen MR) is 82.6 cm³/mol. The topological polar surface area (TPSA) is 49.1 Å². The number of rotatable bonds is 2. The molecule has 0 bridgehead atoms. The minimum Gasteiger partial charge on any atom is -0.490 e. The molecule has 0 spiro atoms. The van der Waals surface area contributed by atoms with Crippen molar-refractivity contribution < 1.29 is 4.74 Å². The van der Waals surface area contributed by atoms with Crippen molar-refractivity contribution >= 4 is 22.5 Å². The molecule has 0 atom stereocenters. The molecule has 0 unspecified atom stereocenters. The molecule has 0 amide bonds. The smallest absolute Gasteiger partial charge is 0.130 e. The third kappa shape index (κ3) is 2.80. The van der Waals surface area contributed by atoms with Gasteiger partial charge in [-0.25, -0.2) is 0 Å². The molecule has 1 aromatic carbocycles. The zero-order chi connectivity index (χ0) is 14.8. The van der Waals surface area contributed by atoms with E-state index in [1.54, 1.807) is 0 Å². The molecule has 1 saturated heterocycles. The number of nitrogens with zero attached hydrogens (tertiary/aromatic N) is 3. The second kappa shape index (κ2) is 5.88. The Balaban J connectivity index is 1.97. The first-order chi connectivity index (χ1) is 10.2. The molecule has 21 heavy (non-hydrogen) atoms. The van der Waals surface area contributed by atoms with Crippen LogP contribution in [0, 0.1) is 11.3 Å². The summed E-state index contributed by atoms with van der Waals surface area (Å²) < 4.78 is 6.14. The SMILES string of the molecule is CN1CCC(Oc2cccc3ncc(C#N)c(Cl)c23)CC1. The van der Waals surface area contributed by atoms with Crippen molar-refractivity contribution in [1.82, 2.24) is 9.88 Å². The van der Waals surface area contributed by atoms with Crippen LogP contribution < -0.4 is 4.74 Å². The lowest BCUT2D eigenvalue weighted by atomic mass is 10.1. The highest BCUT2D eigenvalue weighted by atomic mass is 35.5. The Morgan fingerprint density at radius 3 is 2.86 bits per heavy atom. The molecule has 0 saturated carbocycles. The van der Waals surface area contributed by atoms with Crippen molar-refractivity contribution in [2.45, 2.75) is 18.9 Å². The highest BCUT2D eigenvalue weighted by molar-refractivity contribution is 6.37. The molecule has 1 aliphatic rings. The van der Waals surface area contributed by atoms with Crippen LogP contribution in [0.15, 0.2) is 24.4 Å². The average Bonchev–Trinajstić information content (AvgIpc) is 2.50. The standard InChI is InChI=1S/C16H16ClN3O/c1-20-7-5-12(6-8-20)21-14-4-2-3-13-15(14)16(17)11(9-18)10-19-13/h2-4,10,12H,5-8H2,1H3. The van der Waals surface area contributed by atoms with Crippen LogP contribution in [0.25, 0.3) is 10.9 Å². The molecule has 0 aliphatic carbocycles. The van der Waals surface area contributed by atoms with Gasteiger partial charge >= 0.3 is 0 Å². The Labute approximate surface area is 128 Å². The van der Waals surface area contributed by atoms with Crippen molar-refractivity contribution in [2.75, 3.05) is 20.1 Å². The van der Waals surface area contributed by atoms with Crippen LogP contribution >= 0.6 is 11.6 Å². The number of nitriles is 1. The van der Waals surface area contributed by atoms with E-state index in [2.05, 4.69) is 23.0 Å². The molecule has 4 nitrogen and oxygen atoms in total. The van der Waals surface area contributed by atoms with Crippen molar-refractivity contribution in [3.63, 3.8) is 0 Å². The minimum atomic E-state index is 0.189. The van der Waals surface area contributed by atoms with E-state index in [9.17, 15) is 0 Å². The van der Waals surface area contributed by atoms with Crippen molar-refractivity contribution in [3.05, 3.63) is 35.0 Å². The van der Waals surface area contributed by atoms with Gasteiger partial charge in [-0.3, -0.25) is 4.98 Å². The maximum Gasteiger partial charge on any atom is 0.130 e. The Morgan fingerprint density at radius 2 is 2.14 bits per heavy atom. The van der Waals surface area contributed by atoms with E-state index in [0.717, 1.165) is 42.6 Å². The summed E-state index contributed by atoms with van der Waals surface area (Å²) in [6.45, 7) is 2.07. The summed E-state index contributed by atoms with van der Waals surface area (Å²) in [5.41, 5.74) is 1.13. The van der Waals surface area contributed by atoms with E-state index in [4.69, 9.17) is 21.6 Å². The lowest BCUT2D eigenvalue weighted by Gasteiger charge is -2.29. The van der Waals surface area contributed by atoms with E-state index in [0.29, 0.717) is 10.6 Å². The van der Waals surface area contributed by atoms with Gasteiger partial charge in [-0.15, -0.1) is 0 Å². The largest absolute Gasteiger partial charge is 0.490 e. The third-order valence-electron chi connectivity index (χ3n) is 3.87. The van der Waals surface area contributed by atoms with Crippen molar-refractivity contribution in [3.8, 4) is 11.8 Å². The van der Waals surface area contributed by atoms with Crippen LogP contribution in [-0.2, 0) is 0 Å². The number of fused-ring (bicyclic) bond motifs is 1. The van der Waals surface area contributed by atoms with Gasteiger partial charge < -0.3 is 9.64 Å². The van der Waals surface area contributed by atoms with Gasteiger partial charge in [-0.05, 0) is 32.0 Å². The number of hydrogen-bond acceptors (Lipinski definition) is 4. The maximum atomic E-state index is 9.10. The number of benzene rings is 1. The van der Waals surface area contributed by atoms with Gasteiger partial charge in [-0.1, -0.05) is 17.7 Å². The van der Waals surface area contributed by atoms with Gasteiger partial charge in [0.15, 0.2) is 0 Å². The van der Waals surface area contributed by atoms with E-state index >= 15 is 0 Å². The monoisotopic (exact) mass is 301 g/mol. The lowest BCUT2D eigenvalue weighted by molar-refractivity contribution is 0.116. The number of aromatic nitrogens is 1. The summed E-state index contributed by atoms with van der Waals surface area (Å²) in [4.78, 5) is 6.58. The van der Waals surface area contributed by atoms with Crippen LogP contribution in [0.2, 0.25) is 5.02 Å². The molecule has 2 heterocycles.